The quantitative estimate of drug-likeness (QED) is 0.469. The maximum atomic E-state index is 12.0. The molecule has 0 atom stereocenters. The van der Waals surface area contributed by atoms with Gasteiger partial charge in [0.15, 0.2) is 11.5 Å². The van der Waals surface area contributed by atoms with Crippen LogP contribution in [0.5, 0.6) is 5.75 Å². The molecule has 0 heterocycles. The second-order valence-corrected chi connectivity index (χ2v) is 6.44. The lowest BCUT2D eigenvalue weighted by Crippen LogP contribution is -2.21. The van der Waals surface area contributed by atoms with Crippen molar-refractivity contribution >= 4 is 11.8 Å². The van der Waals surface area contributed by atoms with Crippen molar-refractivity contribution in [2.75, 3.05) is 6.54 Å². The van der Waals surface area contributed by atoms with Gasteiger partial charge in [0, 0.05) is 16.6 Å². The van der Waals surface area contributed by atoms with Gasteiger partial charge in [-0.2, -0.15) is 0 Å². The summed E-state index contributed by atoms with van der Waals surface area (Å²) in [4.78, 5) is 33.5. The first kappa shape index (κ1) is 19.4. The summed E-state index contributed by atoms with van der Waals surface area (Å²) in [5.41, 5.74) is 6.98. The largest absolute Gasteiger partial charge is 0.382 e. The molecule has 2 aromatic carbocycles. The van der Waals surface area contributed by atoms with Gasteiger partial charge in [-0.3, -0.25) is 9.68 Å². The SMILES string of the molecule is CC(=CC(=O)CN)C(=O)OOc1ccccc1C(C)(C)c1ccccc1. The molecule has 136 valence electrons. The van der Waals surface area contributed by atoms with E-state index < -0.39 is 5.97 Å². The molecule has 0 aliphatic heterocycles. The molecule has 0 fully saturated rings. The highest BCUT2D eigenvalue weighted by molar-refractivity contribution is 5.99. The molecule has 5 nitrogen and oxygen atoms in total. The van der Waals surface area contributed by atoms with Crippen molar-refractivity contribution in [3.63, 3.8) is 0 Å². The average molecular weight is 353 g/mol. The predicted octanol–water partition coefficient (Wildman–Crippen LogP) is 3.32. The minimum absolute atomic E-state index is 0.125. The minimum atomic E-state index is -0.737. The Morgan fingerprint density at radius 1 is 1.04 bits per heavy atom. The number of benzene rings is 2. The van der Waals surface area contributed by atoms with Gasteiger partial charge >= 0.3 is 5.97 Å². The van der Waals surface area contributed by atoms with E-state index in [2.05, 4.69) is 13.8 Å². The number of hydrogen-bond acceptors (Lipinski definition) is 5. The van der Waals surface area contributed by atoms with E-state index >= 15 is 0 Å². The van der Waals surface area contributed by atoms with Crippen molar-refractivity contribution in [1.82, 2.24) is 0 Å². The molecular formula is C21H23NO4. The van der Waals surface area contributed by atoms with E-state index in [1.165, 1.54) is 6.92 Å². The van der Waals surface area contributed by atoms with E-state index in [0.29, 0.717) is 5.75 Å². The van der Waals surface area contributed by atoms with Crippen LogP contribution in [0.25, 0.3) is 0 Å². The minimum Gasteiger partial charge on any atom is -0.324 e. The van der Waals surface area contributed by atoms with Gasteiger partial charge in [-0.1, -0.05) is 62.4 Å². The van der Waals surface area contributed by atoms with Crippen LogP contribution in [0, 0.1) is 0 Å². The number of carbonyl (C=O) groups excluding carboxylic acids is 2. The molecule has 0 bridgehead atoms. The number of para-hydroxylation sites is 1. The zero-order chi connectivity index (χ0) is 19.2. The highest BCUT2D eigenvalue weighted by Gasteiger charge is 2.27. The molecule has 2 N–H and O–H groups in total. The smallest absolute Gasteiger partial charge is 0.324 e. The molecule has 0 saturated carbocycles. The maximum absolute atomic E-state index is 12.0. The molecule has 0 aliphatic rings. The average Bonchev–Trinajstić information content (AvgIpc) is 2.66. The van der Waals surface area contributed by atoms with Crippen LogP contribution in [0.2, 0.25) is 0 Å². The fourth-order valence-electron chi connectivity index (χ4n) is 2.57. The van der Waals surface area contributed by atoms with Crippen molar-refractivity contribution in [2.45, 2.75) is 26.2 Å². The van der Waals surface area contributed by atoms with Crippen molar-refractivity contribution in [3.8, 4) is 5.75 Å². The van der Waals surface area contributed by atoms with E-state index in [0.717, 1.165) is 17.2 Å². The number of nitrogens with two attached hydrogens (primary N) is 1. The zero-order valence-corrected chi connectivity index (χ0v) is 15.2. The summed E-state index contributed by atoms with van der Waals surface area (Å²) < 4.78 is 0. The first-order valence-corrected chi connectivity index (χ1v) is 8.31. The highest BCUT2D eigenvalue weighted by Crippen LogP contribution is 2.37. The maximum Gasteiger partial charge on any atom is 0.382 e. The summed E-state index contributed by atoms with van der Waals surface area (Å²) in [7, 11) is 0. The van der Waals surface area contributed by atoms with E-state index in [1.54, 1.807) is 12.1 Å². The molecule has 5 heteroatoms. The van der Waals surface area contributed by atoms with Crippen LogP contribution in [0.15, 0.2) is 66.2 Å². The van der Waals surface area contributed by atoms with E-state index in [1.807, 2.05) is 42.5 Å². The van der Waals surface area contributed by atoms with Crippen LogP contribution in [-0.2, 0) is 19.9 Å². The van der Waals surface area contributed by atoms with Crippen molar-refractivity contribution < 1.29 is 19.4 Å². The Balaban J connectivity index is 2.21. The van der Waals surface area contributed by atoms with E-state index in [9.17, 15) is 9.59 Å². The van der Waals surface area contributed by atoms with Crippen LogP contribution < -0.4 is 10.6 Å². The number of hydrogen-bond donors (Lipinski definition) is 1. The first-order valence-electron chi connectivity index (χ1n) is 8.31. The predicted molar refractivity (Wildman–Crippen MR) is 99.6 cm³/mol. The van der Waals surface area contributed by atoms with Gasteiger partial charge in [0.1, 0.15) is 0 Å². The van der Waals surface area contributed by atoms with Crippen LogP contribution in [0.1, 0.15) is 31.9 Å². The van der Waals surface area contributed by atoms with E-state index in [-0.39, 0.29) is 23.3 Å². The third-order valence-electron chi connectivity index (χ3n) is 4.16. The molecule has 2 rings (SSSR count). The van der Waals surface area contributed by atoms with Gasteiger partial charge in [-0.05, 0) is 24.6 Å². The summed E-state index contributed by atoms with van der Waals surface area (Å²) in [5.74, 6) is -0.656. The van der Waals surface area contributed by atoms with E-state index in [4.69, 9.17) is 15.5 Å². The molecule has 0 amide bonds. The topological polar surface area (TPSA) is 78.6 Å². The number of rotatable bonds is 7. The summed E-state index contributed by atoms with van der Waals surface area (Å²) >= 11 is 0. The van der Waals surface area contributed by atoms with Gasteiger partial charge in [0.2, 0.25) is 0 Å². The van der Waals surface area contributed by atoms with Gasteiger partial charge in [0.05, 0.1) is 6.54 Å². The Labute approximate surface area is 153 Å². The second-order valence-electron chi connectivity index (χ2n) is 6.44. The lowest BCUT2D eigenvalue weighted by atomic mass is 9.78. The van der Waals surface area contributed by atoms with Gasteiger partial charge in [-0.15, -0.1) is 0 Å². The third kappa shape index (κ3) is 4.58. The summed E-state index contributed by atoms with van der Waals surface area (Å²) in [6, 6.07) is 17.3. The lowest BCUT2D eigenvalue weighted by Gasteiger charge is -2.27. The number of ketones is 1. The van der Waals surface area contributed by atoms with Crippen LogP contribution in [0.4, 0.5) is 0 Å². The fraction of sp³-hybridized carbons (Fsp3) is 0.238. The Hall–Kier alpha value is -2.92. The van der Waals surface area contributed by atoms with Crippen molar-refractivity contribution in [2.24, 2.45) is 5.73 Å². The summed E-state index contributed by atoms with van der Waals surface area (Å²) in [6.07, 6.45) is 1.14. The lowest BCUT2D eigenvalue weighted by molar-refractivity contribution is -0.209. The van der Waals surface area contributed by atoms with Crippen molar-refractivity contribution in [1.29, 1.82) is 0 Å². The molecule has 0 aromatic heterocycles. The van der Waals surface area contributed by atoms with Gasteiger partial charge < -0.3 is 5.73 Å². The second kappa shape index (κ2) is 8.45. The van der Waals surface area contributed by atoms with Crippen molar-refractivity contribution in [3.05, 3.63) is 77.4 Å². The monoisotopic (exact) mass is 353 g/mol. The van der Waals surface area contributed by atoms with Gasteiger partial charge in [0.25, 0.3) is 0 Å². The van der Waals surface area contributed by atoms with Gasteiger partial charge in [-0.25, -0.2) is 9.68 Å². The Bertz CT molecular complexity index is 810. The molecular weight excluding hydrogens is 330 g/mol. The molecule has 0 unspecified atom stereocenters. The molecule has 26 heavy (non-hydrogen) atoms. The van der Waals surface area contributed by atoms with Crippen LogP contribution in [-0.4, -0.2) is 18.3 Å². The third-order valence-corrected chi connectivity index (χ3v) is 4.16. The molecule has 0 aliphatic carbocycles. The summed E-state index contributed by atoms with van der Waals surface area (Å²) in [5, 5.41) is 0. The highest BCUT2D eigenvalue weighted by atomic mass is 17.2. The van der Waals surface area contributed by atoms with Crippen LogP contribution in [0.3, 0.4) is 0 Å². The standard InChI is InChI=1S/C21H23NO4/c1-15(13-17(23)14-22)20(24)26-25-19-12-8-7-11-18(19)21(2,3)16-9-5-4-6-10-16/h4-13H,14,22H2,1-3H3. The Kier molecular flexibility index (Phi) is 6.31. The molecule has 0 radical (unpaired) electrons. The number of carbonyl (C=O) groups is 2. The van der Waals surface area contributed by atoms with Crippen LogP contribution >= 0.6 is 0 Å². The normalized spacial score (nSPS) is 11.8. The first-order chi connectivity index (χ1) is 12.4. The fourth-order valence-corrected chi connectivity index (χ4v) is 2.57. The Morgan fingerprint density at radius 2 is 1.65 bits per heavy atom. The molecule has 2 aromatic rings. The molecule has 0 saturated heterocycles. The summed E-state index contributed by atoms with van der Waals surface area (Å²) in [6.45, 7) is 5.44. The molecule has 0 spiro atoms. The Morgan fingerprint density at radius 3 is 2.31 bits per heavy atom. The zero-order valence-electron chi connectivity index (χ0n) is 15.2.